The molecule has 2 atom stereocenters. The second kappa shape index (κ2) is 12.0. The van der Waals surface area contributed by atoms with Gasteiger partial charge in [-0.15, -0.1) is 5.10 Å². The lowest BCUT2D eigenvalue weighted by Gasteiger charge is -2.36. The molecule has 1 saturated heterocycles. The summed E-state index contributed by atoms with van der Waals surface area (Å²) < 4.78 is 55.6. The molecule has 3 heterocycles. The summed E-state index contributed by atoms with van der Waals surface area (Å²) in [5.41, 5.74) is 3.10. The number of hydrogen-bond acceptors (Lipinski definition) is 9. The van der Waals surface area contributed by atoms with E-state index in [1.165, 1.54) is 23.7 Å². The van der Waals surface area contributed by atoms with E-state index in [4.69, 9.17) is 0 Å². The van der Waals surface area contributed by atoms with Gasteiger partial charge in [0.15, 0.2) is 0 Å². The molecule has 11 nitrogen and oxygen atoms in total. The molecule has 224 valence electrons. The molecule has 0 saturated carbocycles. The molecule has 0 unspecified atom stereocenters. The van der Waals surface area contributed by atoms with Crippen molar-refractivity contribution < 1.29 is 22.1 Å². The maximum Gasteiger partial charge on any atom is 0.245 e. The number of rotatable bonds is 9. The highest BCUT2D eigenvalue weighted by Crippen LogP contribution is 2.34. The first-order chi connectivity index (χ1) is 19.9. The standard InChI is InChI=1S/C28H34FN7O4S2/c1-19(37)18-34-11-13-35(14-12-34)26-16-27(41(3)38)23(15-22(26)29)31-28-30-17-20-9-10-25(36(20)32-28)21-7-5-6-8-24(21)33(2)42(4,39)40/h5-10,15-17,19,37H,11-14,18H2,1-4H3,(H,31,32)/t19-,41-/m0/s1. The Balaban J connectivity index is 1.46. The van der Waals surface area contributed by atoms with E-state index in [2.05, 4.69) is 20.3 Å². The Bertz CT molecular complexity index is 1740. The van der Waals surface area contributed by atoms with Gasteiger partial charge in [0.05, 0.1) is 62.5 Å². The number of anilines is 4. The molecule has 1 fully saturated rings. The molecule has 42 heavy (non-hydrogen) atoms. The molecule has 1 aliphatic rings. The number of sulfonamides is 1. The van der Waals surface area contributed by atoms with Crippen LogP contribution in [0, 0.1) is 5.82 Å². The number of para-hydroxylation sites is 1. The van der Waals surface area contributed by atoms with E-state index in [9.17, 15) is 17.7 Å². The average molecular weight is 616 g/mol. The summed E-state index contributed by atoms with van der Waals surface area (Å²) in [5, 5.41) is 17.3. The maximum atomic E-state index is 15.5. The van der Waals surface area contributed by atoms with Crippen molar-refractivity contribution in [1.29, 1.82) is 0 Å². The van der Waals surface area contributed by atoms with Crippen molar-refractivity contribution in [2.24, 2.45) is 0 Å². The van der Waals surface area contributed by atoms with E-state index < -0.39 is 32.7 Å². The molecule has 4 aromatic rings. The van der Waals surface area contributed by atoms with Crippen molar-refractivity contribution in [3.63, 3.8) is 0 Å². The van der Waals surface area contributed by atoms with Gasteiger partial charge in [0.2, 0.25) is 16.0 Å². The molecule has 0 aliphatic carbocycles. The van der Waals surface area contributed by atoms with E-state index in [-0.39, 0.29) is 11.6 Å². The van der Waals surface area contributed by atoms with Crippen molar-refractivity contribution in [3.05, 3.63) is 60.5 Å². The number of aromatic nitrogens is 3. The summed E-state index contributed by atoms with van der Waals surface area (Å²) >= 11 is 0. The van der Waals surface area contributed by atoms with Crippen LogP contribution in [0.25, 0.3) is 16.8 Å². The number of piperazine rings is 1. The van der Waals surface area contributed by atoms with Crippen LogP contribution in [-0.4, -0.2) is 95.6 Å². The fourth-order valence-electron chi connectivity index (χ4n) is 5.09. The molecule has 0 amide bonds. The van der Waals surface area contributed by atoms with E-state index >= 15 is 4.39 Å². The SMILES string of the molecule is C[C@H](O)CN1CCN(c2cc([S@](C)=O)c(Nc3ncc4ccc(-c5ccccc5N(C)S(C)(=O)=O)n4n3)cc2F)CC1. The Morgan fingerprint density at radius 2 is 1.86 bits per heavy atom. The summed E-state index contributed by atoms with van der Waals surface area (Å²) in [7, 11) is -3.46. The number of nitrogens with one attached hydrogen (secondary N) is 1. The maximum absolute atomic E-state index is 15.5. The Morgan fingerprint density at radius 3 is 2.52 bits per heavy atom. The minimum absolute atomic E-state index is 0.152. The number of fused-ring (bicyclic) bond motifs is 1. The molecule has 14 heteroatoms. The van der Waals surface area contributed by atoms with Crippen LogP contribution in [0.2, 0.25) is 0 Å². The predicted molar refractivity (Wildman–Crippen MR) is 164 cm³/mol. The van der Waals surface area contributed by atoms with Crippen LogP contribution >= 0.6 is 0 Å². The van der Waals surface area contributed by atoms with Gasteiger partial charge in [0, 0.05) is 57.7 Å². The monoisotopic (exact) mass is 615 g/mol. The van der Waals surface area contributed by atoms with Gasteiger partial charge < -0.3 is 15.3 Å². The number of halogens is 1. The third kappa shape index (κ3) is 6.26. The molecule has 2 aromatic carbocycles. The highest BCUT2D eigenvalue weighted by molar-refractivity contribution is 7.92. The van der Waals surface area contributed by atoms with E-state index in [1.54, 1.807) is 35.8 Å². The molecule has 1 aliphatic heterocycles. The van der Waals surface area contributed by atoms with E-state index in [0.717, 1.165) is 6.26 Å². The summed E-state index contributed by atoms with van der Waals surface area (Å²) in [5.74, 6) is -0.310. The second-order valence-corrected chi connectivity index (χ2v) is 13.8. The average Bonchev–Trinajstić information content (AvgIpc) is 3.35. The zero-order chi connectivity index (χ0) is 30.2. The second-order valence-electron chi connectivity index (χ2n) is 10.4. The fourth-order valence-corrected chi connectivity index (χ4v) is 6.31. The number of hydrogen-bond donors (Lipinski definition) is 2. The zero-order valence-electron chi connectivity index (χ0n) is 23.9. The van der Waals surface area contributed by atoms with Gasteiger partial charge >= 0.3 is 0 Å². The highest BCUT2D eigenvalue weighted by Gasteiger charge is 2.23. The summed E-state index contributed by atoms with van der Waals surface area (Å²) in [6.07, 6.45) is 3.84. The quantitative estimate of drug-likeness (QED) is 0.293. The number of nitrogens with zero attached hydrogens (tertiary/aromatic N) is 6. The van der Waals surface area contributed by atoms with Gasteiger partial charge in [-0.05, 0) is 31.2 Å². The largest absolute Gasteiger partial charge is 0.392 e. The molecule has 0 bridgehead atoms. The van der Waals surface area contributed by atoms with Crippen molar-refractivity contribution in [3.8, 4) is 11.3 Å². The molecule has 2 aromatic heterocycles. The van der Waals surface area contributed by atoms with Crippen LogP contribution < -0.4 is 14.5 Å². The van der Waals surface area contributed by atoms with Gasteiger partial charge in [-0.2, -0.15) is 0 Å². The summed E-state index contributed by atoms with van der Waals surface area (Å²) in [4.78, 5) is 8.84. The van der Waals surface area contributed by atoms with Gasteiger partial charge in [0.25, 0.3) is 0 Å². The normalized spacial score (nSPS) is 16.0. The first-order valence-corrected chi connectivity index (χ1v) is 16.8. The molecular formula is C28H34FN7O4S2. The number of aliphatic hydroxyl groups excluding tert-OH is 1. The lowest BCUT2D eigenvalue weighted by Crippen LogP contribution is -2.48. The Kier molecular flexibility index (Phi) is 8.51. The van der Waals surface area contributed by atoms with Crippen LogP contribution in [0.1, 0.15) is 6.92 Å². The molecular weight excluding hydrogens is 581 g/mol. The lowest BCUT2D eigenvalue weighted by molar-refractivity contribution is 0.122. The minimum Gasteiger partial charge on any atom is -0.392 e. The van der Waals surface area contributed by atoms with Crippen molar-refractivity contribution in [2.45, 2.75) is 17.9 Å². The first kappa shape index (κ1) is 29.9. The van der Waals surface area contributed by atoms with Crippen LogP contribution in [0.4, 0.5) is 27.4 Å². The Labute approximate surface area is 247 Å². The Hall–Kier alpha value is -3.59. The smallest absolute Gasteiger partial charge is 0.245 e. The van der Waals surface area contributed by atoms with Gasteiger partial charge in [-0.1, -0.05) is 18.2 Å². The van der Waals surface area contributed by atoms with Crippen LogP contribution in [0.5, 0.6) is 0 Å². The number of benzene rings is 2. The van der Waals surface area contributed by atoms with Gasteiger partial charge in [-0.25, -0.2) is 22.3 Å². The lowest BCUT2D eigenvalue weighted by atomic mass is 10.1. The van der Waals surface area contributed by atoms with Crippen molar-refractivity contribution in [1.82, 2.24) is 19.5 Å². The predicted octanol–water partition coefficient (Wildman–Crippen LogP) is 2.92. The van der Waals surface area contributed by atoms with E-state index in [1.807, 2.05) is 29.2 Å². The zero-order valence-corrected chi connectivity index (χ0v) is 25.5. The van der Waals surface area contributed by atoms with Crippen LogP contribution in [0.15, 0.2) is 59.6 Å². The Morgan fingerprint density at radius 1 is 1.14 bits per heavy atom. The highest BCUT2D eigenvalue weighted by atomic mass is 32.2. The molecule has 2 N–H and O–H groups in total. The van der Waals surface area contributed by atoms with E-state index in [0.29, 0.717) is 65.8 Å². The minimum atomic E-state index is -3.51. The van der Waals surface area contributed by atoms with Crippen molar-refractivity contribution in [2.75, 3.05) is 66.8 Å². The number of β-amino-alcohol motifs (C(OH)–C–C–N with tert-alkyl or cyclic N) is 1. The topological polar surface area (TPSA) is 123 Å². The van der Waals surface area contributed by atoms with Gasteiger partial charge in [-0.3, -0.25) is 13.4 Å². The molecule has 0 spiro atoms. The summed E-state index contributed by atoms with van der Waals surface area (Å²) in [6, 6.07) is 13.7. The molecule has 0 radical (unpaired) electrons. The van der Waals surface area contributed by atoms with Crippen molar-refractivity contribution >= 4 is 49.4 Å². The van der Waals surface area contributed by atoms with Gasteiger partial charge in [0.1, 0.15) is 5.82 Å². The van der Waals surface area contributed by atoms with Crippen LogP contribution in [0.3, 0.4) is 0 Å². The number of aliphatic hydroxyl groups is 1. The third-order valence-corrected chi connectivity index (χ3v) is 9.40. The van der Waals surface area contributed by atoms with Crippen LogP contribution in [-0.2, 0) is 20.8 Å². The third-order valence-electron chi connectivity index (χ3n) is 7.26. The molecule has 5 rings (SSSR count). The first-order valence-electron chi connectivity index (χ1n) is 13.4. The fraction of sp³-hybridized carbons (Fsp3) is 0.357. The summed E-state index contributed by atoms with van der Waals surface area (Å²) in [6.45, 7) is 4.85.